The van der Waals surface area contributed by atoms with Crippen molar-refractivity contribution in [1.82, 2.24) is 0 Å². The second-order valence-corrected chi connectivity index (χ2v) is 5.93. The van der Waals surface area contributed by atoms with E-state index in [0.717, 1.165) is 10.4 Å². The molecular formula is C15H12ClNOS. The zero-order valence-electron chi connectivity index (χ0n) is 10.4. The summed E-state index contributed by atoms with van der Waals surface area (Å²) in [4.78, 5) is 13.0. The standard InChI is InChI=1S/C15H12ClNOS/c1-15(14(16)18,9-13-3-2-8-19-13)12-6-4-11(10-17)5-7-12/h2-8H,9H2,1H3. The van der Waals surface area contributed by atoms with Crippen LogP contribution in [0.3, 0.4) is 0 Å². The Morgan fingerprint density at radius 2 is 2.05 bits per heavy atom. The van der Waals surface area contributed by atoms with E-state index in [1.807, 2.05) is 24.4 Å². The van der Waals surface area contributed by atoms with Crippen LogP contribution in [-0.2, 0) is 16.6 Å². The van der Waals surface area contributed by atoms with Crippen LogP contribution in [0.1, 0.15) is 22.9 Å². The maximum absolute atomic E-state index is 11.9. The zero-order valence-corrected chi connectivity index (χ0v) is 12.0. The fourth-order valence-electron chi connectivity index (χ4n) is 1.96. The molecule has 1 aromatic carbocycles. The summed E-state index contributed by atoms with van der Waals surface area (Å²) in [5, 5.41) is 10.4. The lowest BCUT2D eigenvalue weighted by molar-refractivity contribution is -0.116. The number of nitrogens with zero attached hydrogens (tertiary/aromatic N) is 1. The smallest absolute Gasteiger partial charge is 0.232 e. The molecule has 0 aliphatic heterocycles. The Morgan fingerprint density at radius 3 is 2.53 bits per heavy atom. The minimum absolute atomic E-state index is 0.384. The number of halogens is 1. The van der Waals surface area contributed by atoms with Gasteiger partial charge in [0, 0.05) is 4.88 Å². The molecule has 1 unspecified atom stereocenters. The number of benzene rings is 1. The van der Waals surface area contributed by atoms with Crippen LogP contribution in [0, 0.1) is 11.3 Å². The quantitative estimate of drug-likeness (QED) is 0.801. The van der Waals surface area contributed by atoms with Gasteiger partial charge in [0.05, 0.1) is 17.0 Å². The molecule has 0 saturated carbocycles. The number of nitriles is 1. The van der Waals surface area contributed by atoms with E-state index < -0.39 is 5.41 Å². The average Bonchev–Trinajstić information content (AvgIpc) is 2.91. The van der Waals surface area contributed by atoms with Crippen molar-refractivity contribution in [2.24, 2.45) is 0 Å². The number of hydrogen-bond acceptors (Lipinski definition) is 3. The Labute approximate surface area is 121 Å². The van der Waals surface area contributed by atoms with Gasteiger partial charge < -0.3 is 0 Å². The lowest BCUT2D eigenvalue weighted by atomic mass is 9.80. The van der Waals surface area contributed by atoms with Gasteiger partial charge in [-0.05, 0) is 54.1 Å². The second-order valence-electron chi connectivity index (χ2n) is 4.55. The number of carbonyl (C=O) groups excluding carboxylic acids is 1. The molecule has 1 atom stereocenters. The molecule has 0 fully saturated rings. The topological polar surface area (TPSA) is 40.9 Å². The van der Waals surface area contributed by atoms with Crippen LogP contribution in [0.4, 0.5) is 0 Å². The van der Waals surface area contributed by atoms with Crippen LogP contribution >= 0.6 is 22.9 Å². The van der Waals surface area contributed by atoms with Gasteiger partial charge in [-0.2, -0.15) is 5.26 Å². The van der Waals surface area contributed by atoms with E-state index in [-0.39, 0.29) is 5.24 Å². The van der Waals surface area contributed by atoms with E-state index in [4.69, 9.17) is 16.9 Å². The van der Waals surface area contributed by atoms with Crippen molar-refractivity contribution >= 4 is 28.2 Å². The Bertz CT molecular complexity index is 613. The Hall–Kier alpha value is -1.63. The molecule has 2 aromatic rings. The van der Waals surface area contributed by atoms with Gasteiger partial charge in [0.1, 0.15) is 0 Å². The van der Waals surface area contributed by atoms with Crippen molar-refractivity contribution in [3.8, 4) is 6.07 Å². The lowest BCUT2D eigenvalue weighted by Gasteiger charge is -2.25. The lowest BCUT2D eigenvalue weighted by Crippen LogP contribution is -2.31. The number of carbonyl (C=O) groups is 1. The van der Waals surface area contributed by atoms with E-state index in [9.17, 15) is 4.79 Å². The third-order valence-corrected chi connectivity index (χ3v) is 4.49. The average molecular weight is 290 g/mol. The van der Waals surface area contributed by atoms with Crippen LogP contribution < -0.4 is 0 Å². The number of rotatable bonds is 4. The van der Waals surface area contributed by atoms with Gasteiger partial charge in [0.15, 0.2) is 0 Å². The first kappa shape index (κ1) is 13.8. The van der Waals surface area contributed by atoms with E-state index in [2.05, 4.69) is 6.07 Å². The number of thiophene rings is 1. The van der Waals surface area contributed by atoms with E-state index in [1.165, 1.54) is 0 Å². The predicted octanol–water partition coefficient (Wildman–Crippen LogP) is 3.89. The van der Waals surface area contributed by atoms with Crippen LogP contribution in [0.15, 0.2) is 41.8 Å². The summed E-state index contributed by atoms with van der Waals surface area (Å²) in [5.41, 5.74) is 0.643. The molecule has 19 heavy (non-hydrogen) atoms. The van der Waals surface area contributed by atoms with Gasteiger partial charge in [-0.3, -0.25) is 4.79 Å². The zero-order chi connectivity index (χ0) is 13.9. The predicted molar refractivity (Wildman–Crippen MR) is 77.4 cm³/mol. The van der Waals surface area contributed by atoms with Crippen molar-refractivity contribution in [3.63, 3.8) is 0 Å². The molecular weight excluding hydrogens is 278 g/mol. The molecule has 0 N–H and O–H groups in total. The molecule has 0 aliphatic carbocycles. The SMILES string of the molecule is CC(Cc1cccs1)(C(=O)Cl)c1ccc(C#N)cc1. The Balaban J connectivity index is 2.38. The van der Waals surface area contributed by atoms with Crippen molar-refractivity contribution in [2.75, 3.05) is 0 Å². The number of hydrogen-bond donors (Lipinski definition) is 0. The van der Waals surface area contributed by atoms with Crippen molar-refractivity contribution in [1.29, 1.82) is 5.26 Å². The molecule has 0 spiro atoms. The maximum atomic E-state index is 11.9. The molecule has 96 valence electrons. The largest absolute Gasteiger partial charge is 0.280 e. The first-order valence-electron chi connectivity index (χ1n) is 5.79. The summed E-state index contributed by atoms with van der Waals surface area (Å²) in [6.45, 7) is 1.84. The Morgan fingerprint density at radius 1 is 1.37 bits per heavy atom. The van der Waals surface area contributed by atoms with Gasteiger partial charge in [0.2, 0.25) is 5.24 Å². The normalized spacial score (nSPS) is 13.5. The molecule has 2 nitrogen and oxygen atoms in total. The minimum atomic E-state index is -0.763. The van der Waals surface area contributed by atoms with Gasteiger partial charge in [0.25, 0.3) is 0 Å². The fourth-order valence-corrected chi connectivity index (χ4v) is 3.00. The van der Waals surface area contributed by atoms with Crippen LogP contribution in [0.5, 0.6) is 0 Å². The van der Waals surface area contributed by atoms with Gasteiger partial charge in [-0.25, -0.2) is 0 Å². The summed E-state index contributed by atoms with van der Waals surface area (Å²) in [6, 6.07) is 13.0. The highest BCUT2D eigenvalue weighted by atomic mass is 35.5. The molecule has 1 aromatic heterocycles. The third kappa shape index (κ3) is 2.86. The van der Waals surface area contributed by atoms with E-state index in [1.54, 1.807) is 35.6 Å². The molecule has 0 radical (unpaired) electrons. The van der Waals surface area contributed by atoms with Crippen molar-refractivity contribution in [3.05, 3.63) is 57.8 Å². The van der Waals surface area contributed by atoms with Gasteiger partial charge in [-0.15, -0.1) is 11.3 Å². The van der Waals surface area contributed by atoms with Crippen LogP contribution in [0.2, 0.25) is 0 Å². The molecule has 0 bridgehead atoms. The first-order valence-corrected chi connectivity index (χ1v) is 7.05. The summed E-state index contributed by atoms with van der Waals surface area (Å²) < 4.78 is 0. The molecule has 1 heterocycles. The van der Waals surface area contributed by atoms with Crippen molar-refractivity contribution < 1.29 is 4.79 Å². The van der Waals surface area contributed by atoms with E-state index >= 15 is 0 Å². The minimum Gasteiger partial charge on any atom is -0.280 e. The highest BCUT2D eigenvalue weighted by molar-refractivity contribution is 7.09. The highest BCUT2D eigenvalue weighted by Gasteiger charge is 2.34. The highest BCUT2D eigenvalue weighted by Crippen LogP contribution is 2.32. The molecule has 4 heteroatoms. The summed E-state index contributed by atoms with van der Waals surface area (Å²) in [6.07, 6.45) is 0.568. The monoisotopic (exact) mass is 289 g/mol. The molecule has 2 rings (SSSR count). The first-order chi connectivity index (χ1) is 9.06. The van der Waals surface area contributed by atoms with Crippen molar-refractivity contribution in [2.45, 2.75) is 18.8 Å². The summed E-state index contributed by atoms with van der Waals surface area (Å²) in [5.74, 6) is 0. The second kappa shape index (κ2) is 5.56. The molecule has 0 amide bonds. The summed E-state index contributed by atoms with van der Waals surface area (Å²) >= 11 is 7.42. The fraction of sp³-hybridized carbons (Fsp3) is 0.200. The van der Waals surface area contributed by atoms with Crippen LogP contribution in [0.25, 0.3) is 0 Å². The summed E-state index contributed by atoms with van der Waals surface area (Å²) in [7, 11) is 0. The van der Waals surface area contributed by atoms with Gasteiger partial charge >= 0.3 is 0 Å². The molecule has 0 saturated heterocycles. The Kier molecular flexibility index (Phi) is 4.04. The van der Waals surface area contributed by atoms with Crippen LogP contribution in [-0.4, -0.2) is 5.24 Å². The third-order valence-electron chi connectivity index (χ3n) is 3.19. The maximum Gasteiger partial charge on any atom is 0.232 e. The van der Waals surface area contributed by atoms with Gasteiger partial charge in [-0.1, -0.05) is 18.2 Å². The molecule has 0 aliphatic rings. The van der Waals surface area contributed by atoms with E-state index in [0.29, 0.717) is 12.0 Å².